The summed E-state index contributed by atoms with van der Waals surface area (Å²) in [6.45, 7) is 7.70. The lowest BCUT2D eigenvalue weighted by atomic mass is 9.85. The van der Waals surface area contributed by atoms with Crippen LogP contribution in [0.4, 0.5) is 0 Å². The Hall–Kier alpha value is -1.33. The predicted molar refractivity (Wildman–Crippen MR) is 74.2 cm³/mol. The van der Waals surface area contributed by atoms with E-state index in [1.165, 1.54) is 36.9 Å². The summed E-state index contributed by atoms with van der Waals surface area (Å²) in [5, 5.41) is 8.88. The Morgan fingerprint density at radius 3 is 2.67 bits per heavy atom. The molecule has 1 saturated carbocycles. The number of hydrogen-bond acceptors (Lipinski definition) is 2. The standard InChI is InChI=1S/C16H22N2/c1-3-18(11-14-5-4-6-14)12-16-8-7-15(10-17)9-13(16)2/h7-9,14H,3-6,11-12H2,1-2H3. The van der Waals surface area contributed by atoms with Crippen molar-refractivity contribution in [3.05, 3.63) is 34.9 Å². The number of benzene rings is 1. The number of hydrogen-bond donors (Lipinski definition) is 0. The Labute approximate surface area is 110 Å². The molecule has 2 nitrogen and oxygen atoms in total. The first kappa shape index (κ1) is 13.1. The summed E-state index contributed by atoms with van der Waals surface area (Å²) >= 11 is 0. The topological polar surface area (TPSA) is 27.0 Å². The van der Waals surface area contributed by atoms with Gasteiger partial charge in [-0.2, -0.15) is 5.26 Å². The van der Waals surface area contributed by atoms with E-state index in [9.17, 15) is 0 Å². The largest absolute Gasteiger partial charge is 0.299 e. The lowest BCUT2D eigenvalue weighted by Crippen LogP contribution is -2.32. The maximum absolute atomic E-state index is 8.88. The first-order valence-corrected chi connectivity index (χ1v) is 6.95. The van der Waals surface area contributed by atoms with E-state index in [-0.39, 0.29) is 0 Å². The number of nitriles is 1. The Balaban J connectivity index is 2.00. The average molecular weight is 242 g/mol. The third-order valence-electron chi connectivity index (χ3n) is 4.05. The molecule has 0 aromatic heterocycles. The lowest BCUT2D eigenvalue weighted by molar-refractivity contribution is 0.178. The van der Waals surface area contributed by atoms with Gasteiger partial charge in [0.05, 0.1) is 11.6 Å². The molecule has 1 aromatic carbocycles. The van der Waals surface area contributed by atoms with E-state index in [1.807, 2.05) is 12.1 Å². The van der Waals surface area contributed by atoms with Gasteiger partial charge in [-0.05, 0) is 55.5 Å². The van der Waals surface area contributed by atoms with Crippen LogP contribution >= 0.6 is 0 Å². The second-order valence-electron chi connectivity index (χ2n) is 5.38. The molecule has 2 rings (SSSR count). The zero-order valence-electron chi connectivity index (χ0n) is 11.4. The van der Waals surface area contributed by atoms with E-state index in [4.69, 9.17) is 5.26 Å². The van der Waals surface area contributed by atoms with Gasteiger partial charge < -0.3 is 0 Å². The zero-order valence-corrected chi connectivity index (χ0v) is 11.4. The van der Waals surface area contributed by atoms with Gasteiger partial charge in [0, 0.05) is 13.1 Å². The van der Waals surface area contributed by atoms with Gasteiger partial charge in [-0.3, -0.25) is 4.90 Å². The fourth-order valence-electron chi connectivity index (χ4n) is 2.53. The number of aryl methyl sites for hydroxylation is 1. The Morgan fingerprint density at radius 2 is 2.17 bits per heavy atom. The summed E-state index contributed by atoms with van der Waals surface area (Å²) in [6, 6.07) is 8.23. The second kappa shape index (κ2) is 6.02. The van der Waals surface area contributed by atoms with Crippen molar-refractivity contribution < 1.29 is 0 Å². The molecule has 1 aromatic rings. The van der Waals surface area contributed by atoms with Gasteiger partial charge in [0.25, 0.3) is 0 Å². The minimum atomic E-state index is 0.762. The average Bonchev–Trinajstić information content (AvgIpc) is 2.33. The molecule has 18 heavy (non-hydrogen) atoms. The van der Waals surface area contributed by atoms with Gasteiger partial charge in [-0.15, -0.1) is 0 Å². The van der Waals surface area contributed by atoms with Crippen LogP contribution in [0.3, 0.4) is 0 Å². The molecule has 2 heteroatoms. The van der Waals surface area contributed by atoms with Gasteiger partial charge in [0.15, 0.2) is 0 Å². The van der Waals surface area contributed by atoms with E-state index in [2.05, 4.69) is 30.9 Å². The van der Waals surface area contributed by atoms with E-state index < -0.39 is 0 Å². The van der Waals surface area contributed by atoms with Crippen LogP contribution in [0, 0.1) is 24.2 Å². The molecule has 0 atom stereocenters. The quantitative estimate of drug-likeness (QED) is 0.790. The van der Waals surface area contributed by atoms with Crippen LogP contribution in [0.5, 0.6) is 0 Å². The first-order valence-electron chi connectivity index (χ1n) is 6.95. The van der Waals surface area contributed by atoms with Crippen LogP contribution in [0.15, 0.2) is 18.2 Å². The highest BCUT2D eigenvalue weighted by Gasteiger charge is 2.20. The summed E-state index contributed by atoms with van der Waals surface area (Å²) < 4.78 is 0. The Kier molecular flexibility index (Phi) is 4.38. The van der Waals surface area contributed by atoms with Crippen molar-refractivity contribution in [1.82, 2.24) is 4.90 Å². The Bertz CT molecular complexity index is 441. The van der Waals surface area contributed by atoms with Crippen molar-refractivity contribution >= 4 is 0 Å². The fourth-order valence-corrected chi connectivity index (χ4v) is 2.53. The normalized spacial score (nSPS) is 15.4. The van der Waals surface area contributed by atoms with Crippen molar-refractivity contribution in [2.75, 3.05) is 13.1 Å². The molecule has 0 amide bonds. The van der Waals surface area contributed by atoms with E-state index in [1.54, 1.807) is 0 Å². The SMILES string of the molecule is CCN(Cc1ccc(C#N)cc1C)CC1CCC1. The van der Waals surface area contributed by atoms with Crippen molar-refractivity contribution in [3.63, 3.8) is 0 Å². The molecule has 0 aliphatic heterocycles. The molecule has 0 saturated heterocycles. The summed E-state index contributed by atoms with van der Waals surface area (Å²) in [4.78, 5) is 2.53. The molecular formula is C16H22N2. The molecule has 1 fully saturated rings. The predicted octanol–water partition coefficient (Wildman–Crippen LogP) is 3.49. The monoisotopic (exact) mass is 242 g/mol. The molecule has 0 unspecified atom stereocenters. The van der Waals surface area contributed by atoms with Crippen LogP contribution in [-0.4, -0.2) is 18.0 Å². The molecule has 1 aliphatic rings. The van der Waals surface area contributed by atoms with Crippen molar-refractivity contribution in [2.45, 2.75) is 39.7 Å². The van der Waals surface area contributed by atoms with Gasteiger partial charge >= 0.3 is 0 Å². The molecule has 0 radical (unpaired) electrons. The third kappa shape index (κ3) is 3.11. The van der Waals surface area contributed by atoms with Gasteiger partial charge in [-0.1, -0.05) is 19.4 Å². The van der Waals surface area contributed by atoms with Gasteiger partial charge in [0.2, 0.25) is 0 Å². The maximum Gasteiger partial charge on any atom is 0.0991 e. The highest BCUT2D eigenvalue weighted by molar-refractivity contribution is 5.37. The van der Waals surface area contributed by atoms with Crippen molar-refractivity contribution in [1.29, 1.82) is 5.26 Å². The Morgan fingerprint density at radius 1 is 1.39 bits per heavy atom. The molecule has 0 N–H and O–H groups in total. The molecule has 0 heterocycles. The maximum atomic E-state index is 8.88. The summed E-state index contributed by atoms with van der Waals surface area (Å²) in [7, 11) is 0. The molecule has 0 bridgehead atoms. The molecular weight excluding hydrogens is 220 g/mol. The van der Waals surface area contributed by atoms with Crippen molar-refractivity contribution in [2.24, 2.45) is 5.92 Å². The summed E-state index contributed by atoms with van der Waals surface area (Å²) in [6.07, 6.45) is 4.23. The minimum absolute atomic E-state index is 0.762. The molecule has 0 spiro atoms. The molecule has 96 valence electrons. The van der Waals surface area contributed by atoms with Gasteiger partial charge in [-0.25, -0.2) is 0 Å². The zero-order chi connectivity index (χ0) is 13.0. The summed E-state index contributed by atoms with van der Waals surface area (Å²) in [5.41, 5.74) is 3.36. The first-order chi connectivity index (χ1) is 8.72. The van der Waals surface area contributed by atoms with Crippen LogP contribution in [0.2, 0.25) is 0 Å². The van der Waals surface area contributed by atoms with Crippen LogP contribution < -0.4 is 0 Å². The third-order valence-corrected chi connectivity index (χ3v) is 4.05. The lowest BCUT2D eigenvalue weighted by Gasteiger charge is -2.32. The minimum Gasteiger partial charge on any atom is -0.299 e. The van der Waals surface area contributed by atoms with E-state index in [0.717, 1.165) is 24.6 Å². The van der Waals surface area contributed by atoms with E-state index in [0.29, 0.717) is 0 Å². The highest BCUT2D eigenvalue weighted by Crippen LogP contribution is 2.27. The second-order valence-corrected chi connectivity index (χ2v) is 5.38. The van der Waals surface area contributed by atoms with Crippen LogP contribution in [-0.2, 0) is 6.54 Å². The smallest absolute Gasteiger partial charge is 0.0991 e. The number of rotatable bonds is 5. The van der Waals surface area contributed by atoms with Crippen molar-refractivity contribution in [3.8, 4) is 6.07 Å². The summed E-state index contributed by atoms with van der Waals surface area (Å²) in [5.74, 6) is 0.920. The molecule has 1 aliphatic carbocycles. The fraction of sp³-hybridized carbons (Fsp3) is 0.562. The van der Waals surface area contributed by atoms with E-state index >= 15 is 0 Å². The number of nitrogens with zero attached hydrogens (tertiary/aromatic N) is 2. The van der Waals surface area contributed by atoms with Gasteiger partial charge in [0.1, 0.15) is 0 Å². The highest BCUT2D eigenvalue weighted by atomic mass is 15.1. The van der Waals surface area contributed by atoms with Crippen LogP contribution in [0.1, 0.15) is 42.9 Å². The van der Waals surface area contributed by atoms with Crippen LogP contribution in [0.25, 0.3) is 0 Å².